The molecule has 0 aromatic heterocycles. The number of benzene rings is 2. The standard InChI is InChI=1S/C20H26N2O5S/c1-6-15-7-10-17(11-8-15)22(28(5,24)25)14(2)20(23)21-16-9-12-18(26-3)19(13-16)27-4/h7-14H,6H2,1-5H3,(H,21,23)/t14-/m0/s1. The van der Waals surface area contributed by atoms with Crippen molar-refractivity contribution < 1.29 is 22.7 Å². The minimum absolute atomic E-state index is 0.440. The lowest BCUT2D eigenvalue weighted by molar-refractivity contribution is -0.116. The van der Waals surface area contributed by atoms with Crippen LogP contribution in [-0.4, -0.2) is 40.8 Å². The molecule has 0 bridgehead atoms. The van der Waals surface area contributed by atoms with Gasteiger partial charge < -0.3 is 14.8 Å². The van der Waals surface area contributed by atoms with E-state index in [9.17, 15) is 13.2 Å². The van der Waals surface area contributed by atoms with Gasteiger partial charge in [0.25, 0.3) is 0 Å². The molecule has 0 spiro atoms. The van der Waals surface area contributed by atoms with Crippen molar-refractivity contribution in [1.82, 2.24) is 0 Å². The Morgan fingerprint density at radius 2 is 1.68 bits per heavy atom. The fourth-order valence-electron chi connectivity index (χ4n) is 2.85. The summed E-state index contributed by atoms with van der Waals surface area (Å²) in [5.74, 6) is 0.530. The Labute approximate surface area is 166 Å². The first-order chi connectivity index (χ1) is 13.2. The number of methoxy groups -OCH3 is 2. The highest BCUT2D eigenvalue weighted by Crippen LogP contribution is 2.30. The quantitative estimate of drug-likeness (QED) is 0.728. The summed E-state index contributed by atoms with van der Waals surface area (Å²) in [6.07, 6.45) is 1.93. The normalized spacial score (nSPS) is 12.2. The van der Waals surface area contributed by atoms with E-state index >= 15 is 0 Å². The monoisotopic (exact) mass is 406 g/mol. The molecule has 2 aromatic carbocycles. The largest absolute Gasteiger partial charge is 0.493 e. The van der Waals surface area contributed by atoms with Crippen molar-refractivity contribution in [2.75, 3.05) is 30.1 Å². The highest BCUT2D eigenvalue weighted by atomic mass is 32.2. The lowest BCUT2D eigenvalue weighted by Crippen LogP contribution is -2.45. The van der Waals surface area contributed by atoms with E-state index in [0.717, 1.165) is 22.5 Å². The summed E-state index contributed by atoms with van der Waals surface area (Å²) in [6, 6.07) is 11.1. The number of nitrogens with one attached hydrogen (secondary N) is 1. The Morgan fingerprint density at radius 3 is 2.18 bits per heavy atom. The van der Waals surface area contributed by atoms with E-state index in [1.165, 1.54) is 14.2 Å². The zero-order valence-corrected chi connectivity index (χ0v) is 17.5. The Bertz CT molecular complexity index is 926. The van der Waals surface area contributed by atoms with Crippen molar-refractivity contribution in [3.63, 3.8) is 0 Å². The van der Waals surface area contributed by atoms with Crippen LogP contribution >= 0.6 is 0 Å². The molecule has 152 valence electrons. The van der Waals surface area contributed by atoms with Crippen molar-refractivity contribution in [3.8, 4) is 11.5 Å². The van der Waals surface area contributed by atoms with Crippen LogP contribution in [0.2, 0.25) is 0 Å². The molecular formula is C20H26N2O5S. The molecule has 8 heteroatoms. The first kappa shape index (κ1) is 21.6. The number of nitrogens with zero attached hydrogens (tertiary/aromatic N) is 1. The van der Waals surface area contributed by atoms with Gasteiger partial charge in [0, 0.05) is 11.8 Å². The van der Waals surface area contributed by atoms with Crippen LogP contribution < -0.4 is 19.1 Å². The number of ether oxygens (including phenoxy) is 2. The second-order valence-corrected chi connectivity index (χ2v) is 8.17. The number of aryl methyl sites for hydroxylation is 1. The molecule has 2 rings (SSSR count). The maximum Gasteiger partial charge on any atom is 0.247 e. The van der Waals surface area contributed by atoms with Gasteiger partial charge in [-0.2, -0.15) is 0 Å². The molecule has 7 nitrogen and oxygen atoms in total. The second kappa shape index (κ2) is 8.97. The Kier molecular flexibility index (Phi) is 6.90. The molecule has 0 unspecified atom stereocenters. The van der Waals surface area contributed by atoms with E-state index < -0.39 is 22.0 Å². The van der Waals surface area contributed by atoms with E-state index in [0.29, 0.717) is 22.9 Å². The smallest absolute Gasteiger partial charge is 0.247 e. The van der Waals surface area contributed by atoms with Crippen LogP contribution in [0, 0.1) is 0 Å². The molecule has 1 amide bonds. The molecule has 1 atom stereocenters. The number of sulfonamides is 1. The summed E-state index contributed by atoms with van der Waals surface area (Å²) in [7, 11) is -0.652. The van der Waals surface area contributed by atoms with Gasteiger partial charge in [-0.05, 0) is 43.2 Å². The number of carbonyl (C=O) groups excluding carboxylic acids is 1. The fraction of sp³-hybridized carbons (Fsp3) is 0.350. The maximum absolute atomic E-state index is 12.8. The fourth-order valence-corrected chi connectivity index (χ4v) is 4.02. The van der Waals surface area contributed by atoms with E-state index in [-0.39, 0.29) is 0 Å². The number of hydrogen-bond acceptors (Lipinski definition) is 5. The van der Waals surface area contributed by atoms with Gasteiger partial charge in [0.2, 0.25) is 15.9 Å². The molecule has 0 aliphatic rings. The van der Waals surface area contributed by atoms with Gasteiger partial charge in [-0.25, -0.2) is 8.42 Å². The second-order valence-electron chi connectivity index (χ2n) is 6.31. The molecule has 0 fully saturated rings. The van der Waals surface area contributed by atoms with Crippen molar-refractivity contribution >= 4 is 27.3 Å². The van der Waals surface area contributed by atoms with Crippen LogP contribution in [-0.2, 0) is 21.2 Å². The van der Waals surface area contributed by atoms with E-state index in [1.807, 2.05) is 19.1 Å². The highest BCUT2D eigenvalue weighted by Gasteiger charge is 2.29. The van der Waals surface area contributed by atoms with Crippen LogP contribution in [0.25, 0.3) is 0 Å². The Balaban J connectivity index is 2.28. The summed E-state index contributed by atoms with van der Waals surface area (Å²) in [5, 5.41) is 2.73. The lowest BCUT2D eigenvalue weighted by Gasteiger charge is -2.28. The molecule has 28 heavy (non-hydrogen) atoms. The number of amides is 1. The summed E-state index contributed by atoms with van der Waals surface area (Å²) in [4.78, 5) is 12.8. The molecule has 0 saturated carbocycles. The third kappa shape index (κ3) is 4.95. The number of anilines is 2. The van der Waals surface area contributed by atoms with Gasteiger partial charge in [0.1, 0.15) is 6.04 Å². The van der Waals surface area contributed by atoms with Crippen LogP contribution in [0.5, 0.6) is 11.5 Å². The van der Waals surface area contributed by atoms with Crippen LogP contribution in [0.3, 0.4) is 0 Å². The Morgan fingerprint density at radius 1 is 1.07 bits per heavy atom. The SMILES string of the molecule is CCc1ccc(N([C@@H](C)C(=O)Nc2ccc(OC)c(OC)c2)S(C)(=O)=O)cc1. The molecule has 0 aliphatic carbocycles. The molecule has 0 radical (unpaired) electrons. The molecular weight excluding hydrogens is 380 g/mol. The average Bonchev–Trinajstić information content (AvgIpc) is 2.67. The first-order valence-corrected chi connectivity index (χ1v) is 10.7. The van der Waals surface area contributed by atoms with E-state index in [2.05, 4.69) is 5.32 Å². The summed E-state index contributed by atoms with van der Waals surface area (Å²) >= 11 is 0. The van der Waals surface area contributed by atoms with Crippen molar-refractivity contribution in [2.24, 2.45) is 0 Å². The number of carbonyl (C=O) groups is 1. The molecule has 2 aromatic rings. The predicted molar refractivity (Wildman–Crippen MR) is 111 cm³/mol. The molecule has 0 aliphatic heterocycles. The summed E-state index contributed by atoms with van der Waals surface area (Å²) < 4.78 is 36.3. The van der Waals surface area contributed by atoms with Gasteiger partial charge >= 0.3 is 0 Å². The highest BCUT2D eigenvalue weighted by molar-refractivity contribution is 7.92. The zero-order chi connectivity index (χ0) is 20.9. The lowest BCUT2D eigenvalue weighted by atomic mass is 10.1. The van der Waals surface area contributed by atoms with Crippen molar-refractivity contribution in [1.29, 1.82) is 0 Å². The predicted octanol–water partition coefficient (Wildman–Crippen LogP) is 3.06. The topological polar surface area (TPSA) is 84.9 Å². The first-order valence-electron chi connectivity index (χ1n) is 8.82. The minimum Gasteiger partial charge on any atom is -0.493 e. The molecule has 0 heterocycles. The van der Waals surface area contributed by atoms with Crippen molar-refractivity contribution in [2.45, 2.75) is 26.3 Å². The zero-order valence-electron chi connectivity index (χ0n) is 16.7. The van der Waals surface area contributed by atoms with Gasteiger partial charge in [-0.15, -0.1) is 0 Å². The average molecular weight is 407 g/mol. The number of hydrogen-bond donors (Lipinski definition) is 1. The third-order valence-electron chi connectivity index (χ3n) is 4.34. The van der Waals surface area contributed by atoms with Crippen LogP contribution in [0.1, 0.15) is 19.4 Å². The minimum atomic E-state index is -3.67. The molecule has 1 N–H and O–H groups in total. The van der Waals surface area contributed by atoms with Crippen LogP contribution in [0.15, 0.2) is 42.5 Å². The van der Waals surface area contributed by atoms with E-state index in [4.69, 9.17) is 9.47 Å². The molecule has 0 saturated heterocycles. The van der Waals surface area contributed by atoms with Crippen molar-refractivity contribution in [3.05, 3.63) is 48.0 Å². The third-order valence-corrected chi connectivity index (χ3v) is 5.58. The van der Waals surface area contributed by atoms with Gasteiger partial charge in [0.15, 0.2) is 11.5 Å². The van der Waals surface area contributed by atoms with E-state index in [1.54, 1.807) is 37.3 Å². The van der Waals surface area contributed by atoms with Gasteiger partial charge in [-0.3, -0.25) is 9.10 Å². The Hall–Kier alpha value is -2.74. The summed E-state index contributed by atoms with van der Waals surface area (Å²) in [5.41, 5.74) is 2.00. The number of rotatable bonds is 8. The van der Waals surface area contributed by atoms with Gasteiger partial charge in [-0.1, -0.05) is 19.1 Å². The summed E-state index contributed by atoms with van der Waals surface area (Å²) in [6.45, 7) is 3.56. The van der Waals surface area contributed by atoms with Gasteiger partial charge in [0.05, 0.1) is 26.2 Å². The van der Waals surface area contributed by atoms with Crippen LogP contribution in [0.4, 0.5) is 11.4 Å². The maximum atomic E-state index is 12.8.